The van der Waals surface area contributed by atoms with Gasteiger partial charge in [-0.05, 0) is 24.1 Å². The van der Waals surface area contributed by atoms with E-state index in [4.69, 9.17) is 0 Å². The predicted octanol–water partition coefficient (Wildman–Crippen LogP) is 1.71. The van der Waals surface area contributed by atoms with Crippen molar-refractivity contribution in [1.82, 2.24) is 0 Å². The molecule has 0 saturated carbocycles. The molecule has 0 aliphatic carbocycles. The Bertz CT molecular complexity index is 405. The Hall–Kier alpha value is -0.910. The van der Waals surface area contributed by atoms with Crippen LogP contribution in [0.2, 0.25) is 0 Å². The van der Waals surface area contributed by atoms with Crippen molar-refractivity contribution in [1.29, 1.82) is 0 Å². The molecule has 17 heavy (non-hydrogen) atoms. The number of carbonyl (C=O) groups is 1. The van der Waals surface area contributed by atoms with Gasteiger partial charge in [-0.15, -0.1) is 0 Å². The van der Waals surface area contributed by atoms with Gasteiger partial charge in [0, 0.05) is 4.47 Å². The second-order valence-corrected chi connectivity index (χ2v) is 4.67. The van der Waals surface area contributed by atoms with Gasteiger partial charge >= 0.3 is 5.97 Å². The van der Waals surface area contributed by atoms with E-state index in [0.717, 1.165) is 5.56 Å². The molecule has 0 bridgehead atoms. The van der Waals surface area contributed by atoms with Crippen LogP contribution in [0.5, 0.6) is 0 Å². The van der Waals surface area contributed by atoms with Crippen molar-refractivity contribution in [2.24, 2.45) is 0 Å². The summed E-state index contributed by atoms with van der Waals surface area (Å²) < 4.78 is 5.14. The summed E-state index contributed by atoms with van der Waals surface area (Å²) >= 11 is 3.31. The molecule has 1 rings (SSSR count). The highest BCUT2D eigenvalue weighted by atomic mass is 79.9. The maximum absolute atomic E-state index is 11.0. The van der Waals surface area contributed by atoms with Crippen LogP contribution in [0, 0.1) is 6.92 Å². The van der Waals surface area contributed by atoms with Crippen LogP contribution in [0.1, 0.15) is 23.7 Å². The fourth-order valence-corrected chi connectivity index (χ4v) is 2.17. The molecule has 5 heteroatoms. The summed E-state index contributed by atoms with van der Waals surface area (Å²) in [7, 11) is 1.24. The lowest BCUT2D eigenvalue weighted by molar-refractivity contribution is -0.144. The van der Waals surface area contributed by atoms with E-state index in [9.17, 15) is 15.0 Å². The van der Waals surface area contributed by atoms with Crippen LogP contribution >= 0.6 is 15.9 Å². The van der Waals surface area contributed by atoms with E-state index in [1.54, 1.807) is 6.07 Å². The molecule has 2 atom stereocenters. The zero-order chi connectivity index (χ0) is 13.0. The molecular weight excluding hydrogens is 288 g/mol. The number of ether oxygens (including phenoxy) is 1. The highest BCUT2D eigenvalue weighted by Crippen LogP contribution is 2.27. The first-order valence-electron chi connectivity index (χ1n) is 5.14. The Balaban J connectivity index is 2.81. The predicted molar refractivity (Wildman–Crippen MR) is 66.5 cm³/mol. The Labute approximate surface area is 108 Å². The van der Waals surface area contributed by atoms with Crippen molar-refractivity contribution in [3.63, 3.8) is 0 Å². The second kappa shape index (κ2) is 6.14. The largest absolute Gasteiger partial charge is 0.469 e. The normalized spacial score (nSPS) is 14.2. The van der Waals surface area contributed by atoms with Gasteiger partial charge < -0.3 is 14.9 Å². The molecule has 1 aromatic rings. The molecule has 0 heterocycles. The average Bonchev–Trinajstić information content (AvgIpc) is 2.28. The quantitative estimate of drug-likeness (QED) is 0.831. The number of hydrogen-bond donors (Lipinski definition) is 2. The van der Waals surface area contributed by atoms with Crippen molar-refractivity contribution in [2.45, 2.75) is 25.6 Å². The number of aryl methyl sites for hydroxylation is 1. The van der Waals surface area contributed by atoms with Gasteiger partial charge in [-0.25, -0.2) is 0 Å². The number of rotatable bonds is 4. The summed E-state index contributed by atoms with van der Waals surface area (Å²) in [6.07, 6.45) is -2.54. The molecule has 0 radical (unpaired) electrons. The van der Waals surface area contributed by atoms with Crippen molar-refractivity contribution in [2.75, 3.05) is 7.11 Å². The molecule has 0 spiro atoms. The first-order valence-corrected chi connectivity index (χ1v) is 5.94. The minimum atomic E-state index is -1.18. The first kappa shape index (κ1) is 14.2. The molecule has 2 N–H and O–H groups in total. The third-order valence-electron chi connectivity index (χ3n) is 2.44. The lowest BCUT2D eigenvalue weighted by atomic mass is 10.0. The molecule has 0 aliphatic heterocycles. The molecule has 0 saturated heterocycles. The third-order valence-corrected chi connectivity index (χ3v) is 3.13. The monoisotopic (exact) mass is 302 g/mol. The summed E-state index contributed by atoms with van der Waals surface area (Å²) in [5, 5.41) is 19.6. The number of esters is 1. The SMILES string of the molecule is COC(=O)CC(O)C(O)c1ccc(C)cc1Br. The topological polar surface area (TPSA) is 66.8 Å². The second-order valence-electron chi connectivity index (χ2n) is 3.82. The molecule has 0 amide bonds. The van der Waals surface area contributed by atoms with Crippen LogP contribution in [0.25, 0.3) is 0 Å². The number of halogens is 1. The van der Waals surface area contributed by atoms with E-state index in [-0.39, 0.29) is 6.42 Å². The van der Waals surface area contributed by atoms with Gasteiger partial charge in [-0.3, -0.25) is 4.79 Å². The lowest BCUT2D eigenvalue weighted by Crippen LogP contribution is -2.22. The average molecular weight is 303 g/mol. The molecular formula is C12H15BrO4. The fraction of sp³-hybridized carbons (Fsp3) is 0.417. The summed E-state index contributed by atoms with van der Waals surface area (Å²) in [6, 6.07) is 5.38. The van der Waals surface area contributed by atoms with E-state index < -0.39 is 18.2 Å². The van der Waals surface area contributed by atoms with Gasteiger partial charge in [-0.1, -0.05) is 28.1 Å². The van der Waals surface area contributed by atoms with E-state index in [0.29, 0.717) is 10.0 Å². The van der Waals surface area contributed by atoms with Crippen molar-refractivity contribution >= 4 is 21.9 Å². The molecule has 94 valence electrons. The van der Waals surface area contributed by atoms with Crippen LogP contribution in [0.15, 0.2) is 22.7 Å². The number of aliphatic hydroxyl groups is 2. The first-order chi connectivity index (χ1) is 7.95. The zero-order valence-electron chi connectivity index (χ0n) is 9.68. The van der Waals surface area contributed by atoms with Crippen LogP contribution in [0.3, 0.4) is 0 Å². The Kier molecular flexibility index (Phi) is 5.11. The van der Waals surface area contributed by atoms with E-state index in [1.165, 1.54) is 7.11 Å². The fourth-order valence-electron chi connectivity index (χ4n) is 1.45. The number of aliphatic hydroxyl groups excluding tert-OH is 2. The Morgan fingerprint density at radius 2 is 2.12 bits per heavy atom. The summed E-state index contributed by atoms with van der Waals surface area (Å²) in [4.78, 5) is 11.0. The van der Waals surface area contributed by atoms with Crippen LogP contribution in [-0.2, 0) is 9.53 Å². The maximum Gasteiger partial charge on any atom is 0.308 e. The van der Waals surface area contributed by atoms with Crippen LogP contribution in [0.4, 0.5) is 0 Å². The highest BCUT2D eigenvalue weighted by Gasteiger charge is 2.23. The van der Waals surface area contributed by atoms with Gasteiger partial charge in [0.05, 0.1) is 19.6 Å². The van der Waals surface area contributed by atoms with Gasteiger partial charge in [0.2, 0.25) is 0 Å². The molecule has 0 aromatic heterocycles. The Morgan fingerprint density at radius 1 is 1.47 bits per heavy atom. The molecule has 0 fully saturated rings. The van der Waals surface area contributed by atoms with E-state index >= 15 is 0 Å². The lowest BCUT2D eigenvalue weighted by Gasteiger charge is -2.18. The van der Waals surface area contributed by atoms with Crippen LogP contribution in [-0.4, -0.2) is 29.4 Å². The smallest absolute Gasteiger partial charge is 0.308 e. The molecule has 4 nitrogen and oxygen atoms in total. The van der Waals surface area contributed by atoms with Gasteiger partial charge in [-0.2, -0.15) is 0 Å². The minimum absolute atomic E-state index is 0.238. The van der Waals surface area contributed by atoms with Crippen LogP contribution < -0.4 is 0 Å². The third kappa shape index (κ3) is 3.80. The van der Waals surface area contributed by atoms with Gasteiger partial charge in [0.25, 0.3) is 0 Å². The van der Waals surface area contributed by atoms with Crippen molar-refractivity contribution < 1.29 is 19.7 Å². The number of hydrogen-bond acceptors (Lipinski definition) is 4. The summed E-state index contributed by atoms with van der Waals surface area (Å²) in [5.41, 5.74) is 1.59. The van der Waals surface area contributed by atoms with Gasteiger partial charge in [0.1, 0.15) is 6.10 Å². The zero-order valence-corrected chi connectivity index (χ0v) is 11.3. The van der Waals surface area contributed by atoms with Crippen molar-refractivity contribution in [3.8, 4) is 0 Å². The van der Waals surface area contributed by atoms with Crippen molar-refractivity contribution in [3.05, 3.63) is 33.8 Å². The number of methoxy groups -OCH3 is 1. The summed E-state index contributed by atoms with van der Waals surface area (Å²) in [5.74, 6) is -0.556. The molecule has 0 aliphatic rings. The number of carbonyl (C=O) groups excluding carboxylic acids is 1. The minimum Gasteiger partial charge on any atom is -0.469 e. The number of benzene rings is 1. The highest BCUT2D eigenvalue weighted by molar-refractivity contribution is 9.10. The Morgan fingerprint density at radius 3 is 2.65 bits per heavy atom. The standard InChI is InChI=1S/C12H15BrO4/c1-7-3-4-8(9(13)5-7)12(16)10(14)6-11(15)17-2/h3-5,10,12,14,16H,6H2,1-2H3. The summed E-state index contributed by atoms with van der Waals surface area (Å²) in [6.45, 7) is 1.92. The maximum atomic E-state index is 11.0. The van der Waals surface area contributed by atoms with Gasteiger partial charge in [0.15, 0.2) is 0 Å². The molecule has 2 unspecified atom stereocenters. The van der Waals surface area contributed by atoms with E-state index in [1.807, 2.05) is 19.1 Å². The molecule has 1 aromatic carbocycles. The van der Waals surface area contributed by atoms with E-state index in [2.05, 4.69) is 20.7 Å².